The molecular formula is C25H21N5O2. The van der Waals surface area contributed by atoms with E-state index < -0.39 is 17.9 Å². The molecule has 1 aromatic heterocycles. The summed E-state index contributed by atoms with van der Waals surface area (Å²) >= 11 is 0. The molecule has 32 heavy (non-hydrogen) atoms. The van der Waals surface area contributed by atoms with Gasteiger partial charge in [0.15, 0.2) is 5.82 Å². The van der Waals surface area contributed by atoms with Gasteiger partial charge in [0.05, 0.1) is 5.69 Å². The summed E-state index contributed by atoms with van der Waals surface area (Å²) < 4.78 is 1.65. The number of hydrogen-bond donors (Lipinski definition) is 1. The van der Waals surface area contributed by atoms with Crippen LogP contribution in [0.15, 0.2) is 84.9 Å². The molecule has 5 rings (SSSR count). The molecule has 7 nitrogen and oxygen atoms in total. The zero-order valence-corrected chi connectivity index (χ0v) is 17.3. The summed E-state index contributed by atoms with van der Waals surface area (Å²) in [4.78, 5) is 31.8. The van der Waals surface area contributed by atoms with Crippen LogP contribution >= 0.6 is 0 Å². The van der Waals surface area contributed by atoms with Crippen LogP contribution in [0, 0.1) is 0 Å². The molecule has 2 N–H and O–H groups in total. The van der Waals surface area contributed by atoms with E-state index >= 15 is 0 Å². The molecule has 0 saturated carbocycles. The van der Waals surface area contributed by atoms with Crippen molar-refractivity contribution in [3.05, 3.63) is 102 Å². The third-order valence-corrected chi connectivity index (χ3v) is 5.67. The van der Waals surface area contributed by atoms with E-state index in [1.54, 1.807) is 4.68 Å². The SMILES string of the molecule is NC(=O)[C@@H]1Cc2ccccc2CN1C(=O)c1nc(-c2ccccc2)n(-c2ccccc2)n1. The van der Waals surface area contributed by atoms with Crippen LogP contribution in [0.25, 0.3) is 17.1 Å². The Morgan fingerprint density at radius 2 is 1.47 bits per heavy atom. The van der Waals surface area contributed by atoms with Gasteiger partial charge in [-0.1, -0.05) is 72.8 Å². The van der Waals surface area contributed by atoms with Crippen molar-refractivity contribution in [2.75, 3.05) is 0 Å². The van der Waals surface area contributed by atoms with E-state index in [9.17, 15) is 9.59 Å². The normalized spacial score (nSPS) is 15.2. The van der Waals surface area contributed by atoms with E-state index in [-0.39, 0.29) is 12.4 Å². The summed E-state index contributed by atoms with van der Waals surface area (Å²) in [6.07, 6.45) is 0.377. The highest BCUT2D eigenvalue weighted by Crippen LogP contribution is 2.26. The van der Waals surface area contributed by atoms with Gasteiger partial charge in [-0.3, -0.25) is 9.59 Å². The topological polar surface area (TPSA) is 94.1 Å². The van der Waals surface area contributed by atoms with Gasteiger partial charge in [0.1, 0.15) is 6.04 Å². The molecule has 1 atom stereocenters. The second-order valence-electron chi connectivity index (χ2n) is 7.70. The lowest BCUT2D eigenvalue weighted by Crippen LogP contribution is -2.51. The third kappa shape index (κ3) is 3.54. The van der Waals surface area contributed by atoms with Gasteiger partial charge in [0, 0.05) is 18.5 Å². The van der Waals surface area contributed by atoms with E-state index in [0.29, 0.717) is 12.2 Å². The number of carbonyl (C=O) groups is 2. The Kier molecular flexibility index (Phi) is 4.99. The van der Waals surface area contributed by atoms with Gasteiger partial charge in [0.25, 0.3) is 5.91 Å². The summed E-state index contributed by atoms with van der Waals surface area (Å²) in [6, 6.07) is 26.1. The van der Waals surface area contributed by atoms with Crippen molar-refractivity contribution < 1.29 is 9.59 Å². The molecule has 3 aromatic carbocycles. The van der Waals surface area contributed by atoms with Crippen LogP contribution in [0.2, 0.25) is 0 Å². The highest BCUT2D eigenvalue weighted by molar-refractivity contribution is 5.95. The Balaban J connectivity index is 1.58. The van der Waals surface area contributed by atoms with Crippen molar-refractivity contribution >= 4 is 11.8 Å². The predicted octanol–water partition coefficient (Wildman–Crippen LogP) is 2.99. The van der Waals surface area contributed by atoms with Crippen LogP contribution in [0.1, 0.15) is 21.7 Å². The standard InChI is InChI=1S/C25H21N5O2/c26-22(31)21-15-18-11-7-8-12-19(18)16-29(21)25(32)23-27-24(17-9-3-1-4-10-17)30(28-23)20-13-5-2-6-14-20/h1-14,21H,15-16H2,(H2,26,31)/t21-/m0/s1. The van der Waals surface area contributed by atoms with Crippen molar-refractivity contribution in [1.82, 2.24) is 19.7 Å². The first-order chi connectivity index (χ1) is 15.6. The summed E-state index contributed by atoms with van der Waals surface area (Å²) in [5.41, 5.74) is 9.30. The molecule has 0 fully saturated rings. The maximum Gasteiger partial charge on any atom is 0.294 e. The second-order valence-corrected chi connectivity index (χ2v) is 7.70. The van der Waals surface area contributed by atoms with Gasteiger partial charge in [-0.05, 0) is 23.3 Å². The number of carbonyl (C=O) groups excluding carboxylic acids is 2. The Bertz CT molecular complexity index is 1230. The molecule has 7 heteroatoms. The van der Waals surface area contributed by atoms with E-state index in [1.165, 1.54) is 4.90 Å². The number of primary amides is 1. The number of amides is 2. The molecule has 0 radical (unpaired) electrons. The molecule has 0 aliphatic carbocycles. The fourth-order valence-electron chi connectivity index (χ4n) is 4.05. The largest absolute Gasteiger partial charge is 0.368 e. The van der Waals surface area contributed by atoms with Gasteiger partial charge in [-0.25, -0.2) is 9.67 Å². The molecule has 1 aliphatic heterocycles. The summed E-state index contributed by atoms with van der Waals surface area (Å²) in [5.74, 6) is -0.389. The number of nitrogens with zero attached hydrogens (tertiary/aromatic N) is 4. The van der Waals surface area contributed by atoms with Crippen molar-refractivity contribution in [2.24, 2.45) is 5.73 Å². The molecule has 2 amide bonds. The predicted molar refractivity (Wildman–Crippen MR) is 120 cm³/mol. The smallest absolute Gasteiger partial charge is 0.294 e. The number of rotatable bonds is 4. The molecule has 2 heterocycles. The molecule has 4 aromatic rings. The van der Waals surface area contributed by atoms with Crippen LogP contribution in [-0.4, -0.2) is 37.5 Å². The quantitative estimate of drug-likeness (QED) is 0.546. The molecule has 158 valence electrons. The fraction of sp³-hybridized carbons (Fsp3) is 0.120. The zero-order chi connectivity index (χ0) is 22.1. The molecular weight excluding hydrogens is 402 g/mol. The lowest BCUT2D eigenvalue weighted by molar-refractivity contribution is -0.122. The molecule has 0 spiro atoms. The van der Waals surface area contributed by atoms with Crippen LogP contribution in [0.4, 0.5) is 0 Å². The molecule has 0 saturated heterocycles. The molecule has 0 bridgehead atoms. The Hall–Kier alpha value is -4.26. The minimum atomic E-state index is -0.749. The average Bonchev–Trinajstić information content (AvgIpc) is 3.29. The monoisotopic (exact) mass is 423 g/mol. The number of para-hydroxylation sites is 1. The van der Waals surface area contributed by atoms with Gasteiger partial charge in [-0.15, -0.1) is 5.10 Å². The van der Waals surface area contributed by atoms with E-state index in [1.807, 2.05) is 84.9 Å². The van der Waals surface area contributed by atoms with Crippen molar-refractivity contribution in [1.29, 1.82) is 0 Å². The van der Waals surface area contributed by atoms with E-state index in [4.69, 9.17) is 5.73 Å². The lowest BCUT2D eigenvalue weighted by atomic mass is 9.93. The summed E-state index contributed by atoms with van der Waals surface area (Å²) in [6.45, 7) is 0.281. The molecule has 1 aliphatic rings. The van der Waals surface area contributed by atoms with Gasteiger partial charge >= 0.3 is 0 Å². The highest BCUT2D eigenvalue weighted by Gasteiger charge is 2.35. The zero-order valence-electron chi connectivity index (χ0n) is 17.3. The first kappa shape index (κ1) is 19.7. The first-order valence-corrected chi connectivity index (χ1v) is 10.4. The van der Waals surface area contributed by atoms with Crippen LogP contribution in [0.3, 0.4) is 0 Å². The highest BCUT2D eigenvalue weighted by atomic mass is 16.2. The maximum atomic E-state index is 13.5. The van der Waals surface area contributed by atoms with Crippen LogP contribution in [0.5, 0.6) is 0 Å². The summed E-state index contributed by atoms with van der Waals surface area (Å²) in [7, 11) is 0. The van der Waals surface area contributed by atoms with Crippen molar-refractivity contribution in [3.8, 4) is 17.1 Å². The lowest BCUT2D eigenvalue weighted by Gasteiger charge is -2.34. The number of aromatic nitrogens is 3. The number of benzene rings is 3. The van der Waals surface area contributed by atoms with Gasteiger partial charge in [0.2, 0.25) is 11.7 Å². The number of hydrogen-bond acceptors (Lipinski definition) is 4. The minimum absolute atomic E-state index is 0.0262. The van der Waals surface area contributed by atoms with E-state index in [0.717, 1.165) is 22.4 Å². The number of fused-ring (bicyclic) bond motifs is 1. The average molecular weight is 423 g/mol. The van der Waals surface area contributed by atoms with E-state index in [2.05, 4.69) is 10.1 Å². The Labute approximate surface area is 185 Å². The van der Waals surface area contributed by atoms with Gasteiger partial charge < -0.3 is 10.6 Å². The minimum Gasteiger partial charge on any atom is -0.368 e. The fourth-order valence-corrected chi connectivity index (χ4v) is 4.05. The Morgan fingerprint density at radius 1 is 0.844 bits per heavy atom. The first-order valence-electron chi connectivity index (χ1n) is 10.4. The third-order valence-electron chi connectivity index (χ3n) is 5.67. The second kappa shape index (κ2) is 8.11. The van der Waals surface area contributed by atoms with Crippen LogP contribution < -0.4 is 5.73 Å². The van der Waals surface area contributed by atoms with Crippen molar-refractivity contribution in [2.45, 2.75) is 19.0 Å². The summed E-state index contributed by atoms with van der Waals surface area (Å²) in [5, 5.41) is 4.54. The molecule has 0 unspecified atom stereocenters. The Morgan fingerprint density at radius 3 is 2.16 bits per heavy atom. The maximum absolute atomic E-state index is 13.5. The number of nitrogens with two attached hydrogens (primary N) is 1. The van der Waals surface area contributed by atoms with Crippen molar-refractivity contribution in [3.63, 3.8) is 0 Å². The van der Waals surface area contributed by atoms with Gasteiger partial charge in [-0.2, -0.15) is 0 Å². The van der Waals surface area contributed by atoms with Crippen LogP contribution in [-0.2, 0) is 17.8 Å².